The van der Waals surface area contributed by atoms with E-state index in [0.717, 1.165) is 24.9 Å². The van der Waals surface area contributed by atoms with Crippen LogP contribution < -0.4 is 5.32 Å². The number of aryl methyl sites for hydroxylation is 1. The summed E-state index contributed by atoms with van der Waals surface area (Å²) >= 11 is 0. The molecule has 0 fully saturated rings. The average molecular weight is 276 g/mol. The Kier molecular flexibility index (Phi) is 6.56. The van der Waals surface area contributed by atoms with Crippen LogP contribution in [-0.4, -0.2) is 23.0 Å². The van der Waals surface area contributed by atoms with E-state index < -0.39 is 0 Å². The second-order valence-electron chi connectivity index (χ2n) is 5.36. The molecule has 0 bridgehead atoms. The quantitative estimate of drug-likeness (QED) is 0.804. The SMILES string of the molecule is CCc1ccccc1NC(=O)N([C@H](C)CC)[C@H](C)CC. The van der Waals surface area contributed by atoms with Crippen molar-refractivity contribution in [3.05, 3.63) is 29.8 Å². The van der Waals surface area contributed by atoms with Crippen LogP contribution >= 0.6 is 0 Å². The molecule has 0 spiro atoms. The maximum absolute atomic E-state index is 12.6. The average Bonchev–Trinajstić information content (AvgIpc) is 2.47. The van der Waals surface area contributed by atoms with Gasteiger partial charge in [-0.3, -0.25) is 0 Å². The molecular weight excluding hydrogens is 248 g/mol. The highest BCUT2D eigenvalue weighted by molar-refractivity contribution is 5.90. The highest BCUT2D eigenvalue weighted by atomic mass is 16.2. The van der Waals surface area contributed by atoms with Crippen molar-refractivity contribution in [2.24, 2.45) is 0 Å². The molecule has 0 unspecified atom stereocenters. The van der Waals surface area contributed by atoms with Gasteiger partial charge in [-0.2, -0.15) is 0 Å². The largest absolute Gasteiger partial charge is 0.322 e. The van der Waals surface area contributed by atoms with Crippen molar-refractivity contribution in [3.63, 3.8) is 0 Å². The van der Waals surface area contributed by atoms with E-state index in [1.807, 2.05) is 23.1 Å². The van der Waals surface area contributed by atoms with Gasteiger partial charge in [0.1, 0.15) is 0 Å². The van der Waals surface area contributed by atoms with Crippen LogP contribution in [0.15, 0.2) is 24.3 Å². The molecule has 0 aromatic heterocycles. The Labute approximate surface area is 123 Å². The predicted octanol–water partition coefficient (Wildman–Crippen LogP) is 4.68. The van der Waals surface area contributed by atoms with E-state index in [1.54, 1.807) is 0 Å². The normalized spacial score (nSPS) is 13.7. The summed E-state index contributed by atoms with van der Waals surface area (Å²) in [6.07, 6.45) is 2.85. The Morgan fingerprint density at radius 3 is 2.15 bits per heavy atom. The van der Waals surface area contributed by atoms with Gasteiger partial charge in [0.05, 0.1) is 0 Å². The summed E-state index contributed by atoms with van der Waals surface area (Å²) in [6.45, 7) is 10.6. The maximum Gasteiger partial charge on any atom is 0.322 e. The van der Waals surface area contributed by atoms with E-state index in [0.29, 0.717) is 0 Å². The fraction of sp³-hybridized carbons (Fsp3) is 0.588. The number of anilines is 1. The van der Waals surface area contributed by atoms with Gasteiger partial charge in [0.15, 0.2) is 0 Å². The van der Waals surface area contributed by atoms with Gasteiger partial charge in [0, 0.05) is 17.8 Å². The second-order valence-corrected chi connectivity index (χ2v) is 5.36. The first-order valence-electron chi connectivity index (χ1n) is 7.72. The van der Waals surface area contributed by atoms with Crippen LogP contribution in [0, 0.1) is 0 Å². The molecule has 0 aliphatic heterocycles. The number of amides is 2. The number of nitrogens with zero attached hydrogens (tertiary/aromatic N) is 1. The van der Waals surface area contributed by atoms with Crippen molar-refractivity contribution in [1.29, 1.82) is 0 Å². The topological polar surface area (TPSA) is 32.3 Å². The van der Waals surface area contributed by atoms with Gasteiger partial charge in [-0.05, 0) is 44.7 Å². The van der Waals surface area contributed by atoms with Crippen molar-refractivity contribution >= 4 is 11.7 Å². The first kappa shape index (κ1) is 16.5. The molecule has 2 atom stereocenters. The lowest BCUT2D eigenvalue weighted by Gasteiger charge is -2.34. The molecule has 0 heterocycles. The Morgan fingerprint density at radius 1 is 1.10 bits per heavy atom. The van der Waals surface area contributed by atoms with Crippen molar-refractivity contribution in [1.82, 2.24) is 4.90 Å². The van der Waals surface area contributed by atoms with Crippen molar-refractivity contribution in [3.8, 4) is 0 Å². The molecule has 3 heteroatoms. The van der Waals surface area contributed by atoms with Crippen LogP contribution in [0.3, 0.4) is 0 Å². The minimum Gasteiger partial charge on any atom is -0.319 e. The highest BCUT2D eigenvalue weighted by Crippen LogP contribution is 2.19. The van der Waals surface area contributed by atoms with Crippen molar-refractivity contribution in [2.45, 2.75) is 66.0 Å². The monoisotopic (exact) mass is 276 g/mol. The zero-order chi connectivity index (χ0) is 15.1. The fourth-order valence-electron chi connectivity index (χ4n) is 2.36. The van der Waals surface area contributed by atoms with E-state index >= 15 is 0 Å². The first-order chi connectivity index (χ1) is 9.54. The molecule has 0 aliphatic rings. The molecule has 112 valence electrons. The van der Waals surface area contributed by atoms with Crippen molar-refractivity contribution in [2.75, 3.05) is 5.32 Å². The van der Waals surface area contributed by atoms with Crippen LogP contribution in [0.1, 0.15) is 53.0 Å². The third-order valence-corrected chi connectivity index (χ3v) is 4.01. The lowest BCUT2D eigenvalue weighted by molar-refractivity contribution is 0.163. The standard InChI is InChI=1S/C17H28N2O/c1-6-13(4)19(14(5)7-2)17(20)18-16-12-10-9-11-15(16)8-3/h9-14H,6-8H2,1-5H3,(H,18,20)/t13-,14-/m1/s1. The number of para-hydroxylation sites is 1. The Balaban J connectivity index is 2.90. The summed E-state index contributed by atoms with van der Waals surface area (Å²) in [6, 6.07) is 8.52. The van der Waals surface area contributed by atoms with Crippen LogP contribution in [0.2, 0.25) is 0 Å². The van der Waals surface area contributed by atoms with Crippen LogP contribution in [0.5, 0.6) is 0 Å². The second kappa shape index (κ2) is 7.93. The number of hydrogen-bond acceptors (Lipinski definition) is 1. The lowest BCUT2D eigenvalue weighted by atomic mass is 10.1. The molecule has 20 heavy (non-hydrogen) atoms. The van der Waals surface area contributed by atoms with Gasteiger partial charge in [-0.15, -0.1) is 0 Å². The maximum atomic E-state index is 12.6. The van der Waals surface area contributed by atoms with Crippen LogP contribution in [0.4, 0.5) is 10.5 Å². The van der Waals surface area contributed by atoms with Gasteiger partial charge in [0.25, 0.3) is 0 Å². The number of nitrogens with one attached hydrogen (secondary N) is 1. The number of carbonyl (C=O) groups is 1. The Hall–Kier alpha value is -1.51. The third kappa shape index (κ3) is 3.99. The van der Waals surface area contributed by atoms with E-state index in [4.69, 9.17) is 0 Å². The van der Waals surface area contributed by atoms with Gasteiger partial charge in [-0.25, -0.2) is 4.79 Å². The summed E-state index contributed by atoms with van der Waals surface area (Å²) in [5, 5.41) is 3.08. The van der Waals surface area contributed by atoms with E-state index in [1.165, 1.54) is 5.56 Å². The summed E-state index contributed by atoms with van der Waals surface area (Å²) in [5.74, 6) is 0. The van der Waals surface area contributed by atoms with Gasteiger partial charge in [0.2, 0.25) is 0 Å². The van der Waals surface area contributed by atoms with E-state index in [-0.39, 0.29) is 18.1 Å². The van der Waals surface area contributed by atoms with Gasteiger partial charge < -0.3 is 10.2 Å². The molecule has 1 aromatic carbocycles. The Bertz CT molecular complexity index is 421. The zero-order valence-corrected chi connectivity index (χ0v) is 13.4. The number of rotatable bonds is 6. The molecular formula is C17H28N2O. The summed E-state index contributed by atoms with van der Waals surface area (Å²) in [4.78, 5) is 14.6. The highest BCUT2D eigenvalue weighted by Gasteiger charge is 2.23. The zero-order valence-electron chi connectivity index (χ0n) is 13.4. The molecule has 1 rings (SSSR count). The Morgan fingerprint density at radius 2 is 1.65 bits per heavy atom. The number of urea groups is 1. The molecule has 2 amide bonds. The number of hydrogen-bond donors (Lipinski definition) is 1. The summed E-state index contributed by atoms with van der Waals surface area (Å²) in [7, 11) is 0. The summed E-state index contributed by atoms with van der Waals surface area (Å²) in [5.41, 5.74) is 2.10. The predicted molar refractivity (Wildman–Crippen MR) is 86.2 cm³/mol. The first-order valence-corrected chi connectivity index (χ1v) is 7.72. The molecule has 3 nitrogen and oxygen atoms in total. The molecule has 1 aromatic rings. The van der Waals surface area contributed by atoms with Gasteiger partial charge >= 0.3 is 6.03 Å². The molecule has 0 saturated carbocycles. The molecule has 0 radical (unpaired) electrons. The van der Waals surface area contributed by atoms with Gasteiger partial charge in [-0.1, -0.05) is 39.0 Å². The number of carbonyl (C=O) groups excluding carboxylic acids is 1. The number of benzene rings is 1. The van der Waals surface area contributed by atoms with Crippen molar-refractivity contribution < 1.29 is 4.79 Å². The third-order valence-electron chi connectivity index (χ3n) is 4.01. The molecule has 1 N–H and O–H groups in total. The molecule has 0 saturated heterocycles. The minimum absolute atomic E-state index is 0.00889. The van der Waals surface area contributed by atoms with E-state index in [9.17, 15) is 4.79 Å². The van der Waals surface area contributed by atoms with Crippen LogP contribution in [-0.2, 0) is 6.42 Å². The van der Waals surface area contributed by atoms with E-state index in [2.05, 4.69) is 46.0 Å². The summed E-state index contributed by atoms with van der Waals surface area (Å²) < 4.78 is 0. The lowest BCUT2D eigenvalue weighted by Crippen LogP contribution is -2.46. The van der Waals surface area contributed by atoms with Crippen LogP contribution in [0.25, 0.3) is 0 Å². The minimum atomic E-state index is 0.00889. The fourth-order valence-corrected chi connectivity index (χ4v) is 2.36. The smallest absolute Gasteiger partial charge is 0.319 e. The molecule has 0 aliphatic carbocycles.